The lowest BCUT2D eigenvalue weighted by atomic mass is 9.79. The molecule has 22 aromatic rings. The number of rotatable bonds is 30. The molecule has 0 saturated carbocycles. The van der Waals surface area contributed by atoms with Crippen molar-refractivity contribution in [1.29, 1.82) is 0 Å². The van der Waals surface area contributed by atoms with Crippen molar-refractivity contribution in [3.63, 3.8) is 0 Å². The quantitative estimate of drug-likeness (QED) is 0.0228. The first-order valence-corrected chi connectivity index (χ1v) is 50.3. The number of phenols is 6. The van der Waals surface area contributed by atoms with Gasteiger partial charge in [0.1, 0.15) is 67.6 Å². The van der Waals surface area contributed by atoms with Crippen LogP contribution in [0.2, 0.25) is 0 Å². The fraction of sp³-hybridized carbons (Fsp3) is 0.400. The molecule has 16 aromatic heterocycles. The molecular formula is C120H144N12O6. The van der Waals surface area contributed by atoms with E-state index in [4.69, 9.17) is 59.8 Å². The normalized spacial score (nSPS) is 12.1. The third-order valence-electron chi connectivity index (χ3n) is 28.3. The Balaban J connectivity index is 1.03. The van der Waals surface area contributed by atoms with E-state index < -0.39 is 0 Å². The fourth-order valence-corrected chi connectivity index (χ4v) is 18.4. The third kappa shape index (κ3) is 25.3. The van der Waals surface area contributed by atoms with E-state index in [-0.39, 0.29) is 67.0 Å². The Bertz CT molecular complexity index is 6020. The summed E-state index contributed by atoms with van der Waals surface area (Å²) in [5.74, 6) is -0.0815. The largest absolute Gasteiger partial charge is 0.505 e. The minimum Gasteiger partial charge on any atom is -0.505 e. The maximum atomic E-state index is 12.5. The van der Waals surface area contributed by atoms with Crippen LogP contribution in [0.4, 0.5) is 0 Å². The van der Waals surface area contributed by atoms with Crippen molar-refractivity contribution in [1.82, 2.24) is 59.8 Å². The third-order valence-corrected chi connectivity index (χ3v) is 28.3. The van der Waals surface area contributed by atoms with Crippen molar-refractivity contribution in [2.75, 3.05) is 0 Å². The van der Waals surface area contributed by atoms with E-state index in [1.165, 1.54) is 0 Å². The molecule has 6 aromatic carbocycles. The van der Waals surface area contributed by atoms with Crippen molar-refractivity contribution >= 4 is 131 Å². The van der Waals surface area contributed by atoms with Gasteiger partial charge in [-0.2, -0.15) is 0 Å². The van der Waals surface area contributed by atoms with Gasteiger partial charge in [0, 0.05) is 102 Å². The zero-order chi connectivity index (χ0) is 98.7. The van der Waals surface area contributed by atoms with Gasteiger partial charge in [-0.15, -0.1) is 0 Å². The summed E-state index contributed by atoms with van der Waals surface area (Å²) < 4.78 is 0. The SMILES string of the molecule is CCCCCC(C)(C)c1cc2ncc3ccc(cn3)c3cc(C(C)(C)CCCCC)cc(ncc4ccc(cn4)c4cc(C(C)(C)CCCCC)cc(ncc5ccc(cn5)c5cc(C(C)(C)CCCCC)cc(ncc6ccc(cn6)c6cc(C(C)(C)CCCCC)cc(ncc7ccc(cn7)c7cc(C(C)(C)CCCCC)cc(ncc8ccc(cn8)c(c1)c2O)c7O)c6O)c5O)c4O)c3O. The molecule has 18 nitrogen and oxygen atoms in total. The summed E-state index contributed by atoms with van der Waals surface area (Å²) in [4.78, 5) is 59.6. The molecule has 0 atom stereocenters. The zero-order valence-corrected chi connectivity index (χ0v) is 84.8. The van der Waals surface area contributed by atoms with Crippen LogP contribution < -0.4 is 0 Å². The molecule has 0 aliphatic carbocycles. The van der Waals surface area contributed by atoms with E-state index in [1.807, 2.05) is 109 Å². The van der Waals surface area contributed by atoms with Crippen LogP contribution >= 0.6 is 0 Å². The molecule has 16 heterocycles. The van der Waals surface area contributed by atoms with Gasteiger partial charge in [-0.3, -0.25) is 59.8 Å². The number of nitrogens with zero attached hydrogens (tertiary/aromatic N) is 12. The highest BCUT2D eigenvalue weighted by atomic mass is 16.3. The van der Waals surface area contributed by atoms with Crippen LogP contribution in [0, 0.1) is 0 Å². The van der Waals surface area contributed by atoms with Gasteiger partial charge in [0.15, 0.2) is 0 Å². The lowest BCUT2D eigenvalue weighted by Crippen LogP contribution is -2.17. The molecular weight excluding hydrogens is 1710 g/mol. The van der Waals surface area contributed by atoms with Gasteiger partial charge in [-0.1, -0.05) is 277 Å². The van der Waals surface area contributed by atoms with Crippen LogP contribution in [-0.2, 0) is 32.5 Å². The summed E-state index contributed by atoms with van der Waals surface area (Å²) in [6.45, 7) is 40.1. The standard InChI is InChI=1S/C120H144N12O6/c1-19-25-31-49-115(7,8)85-55-97-79-37-43-92(121-67-79)74-128-104-62-87(117(11,12)51-33-27-21-3)57-99(111(104)135)81-39-45-94(123-69-81)76-130-106-64-89(119(15,16)53-35-29-23-5)59-101(113(106)137)83-41-47-96(125-71-83)78-132-108-66-90(120(17,18)54-36-30-24-6)60-102(114(108)138)84-42-48-95(126-72-84)77-131-107-65-88(118(13,14)52-34-28-22-4)58-100(112(107)136)82-40-46-93(124-70-82)75-129-105-63-86(116(9,10)50-32-26-20-2)56-98(110(105)134)80-38-44-91(122-68-80)73-127-103(61-85)109(97)133/h37-48,55-78,133-138H,19-36,49-54H2,1-18H3. The number of pyridine rings is 6. The van der Waals surface area contributed by atoms with Gasteiger partial charge in [-0.05, 0) is 214 Å². The Hall–Kier alpha value is -13.0. The van der Waals surface area contributed by atoms with Crippen molar-refractivity contribution in [2.24, 2.45) is 0 Å². The average Bonchev–Trinajstić information content (AvgIpc) is 0.791. The summed E-state index contributed by atoms with van der Waals surface area (Å²) in [6, 6.07) is 46.9. The smallest absolute Gasteiger partial charge is 0.149 e. The predicted molar refractivity (Wildman–Crippen MR) is 575 cm³/mol. The molecule has 0 radical (unpaired) electrons. The molecule has 0 amide bonds. The van der Waals surface area contributed by atoms with Gasteiger partial charge < -0.3 is 30.6 Å². The second-order valence-electron chi connectivity index (χ2n) is 41.8. The van der Waals surface area contributed by atoms with Crippen molar-refractivity contribution < 1.29 is 30.6 Å². The predicted octanol–water partition coefficient (Wildman–Crippen LogP) is 32.1. The first-order valence-electron chi connectivity index (χ1n) is 50.3. The summed E-state index contributed by atoms with van der Waals surface area (Å²) >= 11 is 0. The highest BCUT2D eigenvalue weighted by Gasteiger charge is 2.29. The number of hydrogen-bond acceptors (Lipinski definition) is 18. The van der Waals surface area contributed by atoms with Crippen LogP contribution in [0.15, 0.2) is 220 Å². The number of aromatic nitrogens is 12. The number of phenolic OH excluding ortho intramolecular Hbond substituents is 6. The summed E-state index contributed by atoms with van der Waals surface area (Å²) in [6.07, 6.45) is 45.1. The average molecular weight is 1850 g/mol. The highest BCUT2D eigenvalue weighted by Crippen LogP contribution is 2.45. The topological polar surface area (TPSA) is 276 Å². The molecule has 720 valence electrons. The molecule has 0 saturated heterocycles. The summed E-state index contributed by atoms with van der Waals surface area (Å²) in [5, 5.41) is 82.2. The maximum Gasteiger partial charge on any atom is 0.149 e. The van der Waals surface area contributed by atoms with Gasteiger partial charge in [-0.25, -0.2) is 0 Å². The summed E-state index contributed by atoms with van der Waals surface area (Å²) in [7, 11) is 0. The molecule has 0 fully saturated rings. The molecule has 0 unspecified atom stereocenters. The molecule has 18 heteroatoms. The van der Waals surface area contributed by atoms with Crippen molar-refractivity contribution in [3.05, 3.63) is 253 Å². The van der Waals surface area contributed by atoms with E-state index >= 15 is 0 Å². The van der Waals surface area contributed by atoms with Crippen molar-refractivity contribution in [3.8, 4) is 34.5 Å². The lowest BCUT2D eigenvalue weighted by molar-refractivity contribution is 0.449. The molecule has 24 bridgehead atoms. The fourth-order valence-electron chi connectivity index (χ4n) is 18.4. The van der Waals surface area contributed by atoms with Crippen LogP contribution in [-0.4, -0.2) is 90.4 Å². The Morgan fingerprint density at radius 1 is 0.174 bits per heavy atom. The Labute approximate surface area is 815 Å². The van der Waals surface area contributed by atoms with E-state index in [2.05, 4.69) is 161 Å². The van der Waals surface area contributed by atoms with Crippen LogP contribution in [0.5, 0.6) is 34.5 Å². The zero-order valence-electron chi connectivity index (χ0n) is 84.8. The lowest BCUT2D eigenvalue weighted by Gasteiger charge is -2.26. The second kappa shape index (κ2) is 45.6. The highest BCUT2D eigenvalue weighted by molar-refractivity contribution is 5.99. The van der Waals surface area contributed by atoms with E-state index in [9.17, 15) is 30.6 Å². The van der Waals surface area contributed by atoms with E-state index in [0.29, 0.717) is 131 Å². The molecule has 6 N–H and O–H groups in total. The minimum absolute atomic E-state index is 0.0136. The van der Waals surface area contributed by atoms with Crippen LogP contribution in [0.1, 0.15) is 312 Å². The molecule has 22 rings (SSSR count). The van der Waals surface area contributed by atoms with Gasteiger partial charge in [0.05, 0.1) is 70.3 Å². The van der Waals surface area contributed by atoms with Gasteiger partial charge in [0.25, 0.3) is 0 Å². The number of aromatic hydroxyl groups is 6. The first kappa shape index (κ1) is 102. The Morgan fingerprint density at radius 2 is 0.312 bits per heavy atom. The maximum absolute atomic E-state index is 12.5. The molecule has 0 aliphatic rings. The van der Waals surface area contributed by atoms with E-state index in [0.717, 1.165) is 187 Å². The number of unbranched alkanes of at least 4 members (excludes halogenated alkanes) is 12. The van der Waals surface area contributed by atoms with Crippen LogP contribution in [0.25, 0.3) is 131 Å². The second-order valence-corrected chi connectivity index (χ2v) is 41.8. The molecule has 0 aliphatic heterocycles. The monoisotopic (exact) mass is 1850 g/mol. The van der Waals surface area contributed by atoms with E-state index in [1.54, 1.807) is 74.4 Å². The van der Waals surface area contributed by atoms with Gasteiger partial charge >= 0.3 is 0 Å². The van der Waals surface area contributed by atoms with Crippen LogP contribution in [0.3, 0.4) is 0 Å². The summed E-state index contributed by atoms with van der Waals surface area (Å²) in [5.41, 5.74) is 9.77. The van der Waals surface area contributed by atoms with Gasteiger partial charge in [0.2, 0.25) is 0 Å². The number of benzene rings is 6. The Morgan fingerprint density at radius 3 is 0.428 bits per heavy atom. The molecule has 0 spiro atoms. The minimum atomic E-state index is -0.292. The number of hydrogen-bond donors (Lipinski definition) is 6. The first-order chi connectivity index (χ1) is 66.1. The Kier molecular flexibility index (Phi) is 33.8. The molecule has 138 heavy (non-hydrogen) atoms. The van der Waals surface area contributed by atoms with Crippen molar-refractivity contribution in [2.45, 2.75) is 311 Å².